The van der Waals surface area contributed by atoms with Crippen LogP contribution in [0.25, 0.3) is 28.2 Å². The number of benzene rings is 4. The van der Waals surface area contributed by atoms with E-state index in [2.05, 4.69) is 63.9 Å². The van der Waals surface area contributed by atoms with Gasteiger partial charge in [0, 0.05) is 28.2 Å². The predicted molar refractivity (Wildman–Crippen MR) is 198 cm³/mol. The van der Waals surface area contributed by atoms with E-state index in [1.807, 2.05) is 42.5 Å². The third kappa shape index (κ3) is 9.24. The van der Waals surface area contributed by atoms with Gasteiger partial charge in [-0.25, -0.2) is 4.79 Å². The fourth-order valence-electron chi connectivity index (χ4n) is 5.59. The summed E-state index contributed by atoms with van der Waals surface area (Å²) in [5.41, 5.74) is 6.16. The zero-order valence-electron chi connectivity index (χ0n) is 28.1. The average Bonchev–Trinajstić information content (AvgIpc) is 3.63. The fraction of sp³-hybridized carbons (Fsp3) is 0.300. The minimum atomic E-state index is -1.28. The Morgan fingerprint density at radius 3 is 1.73 bits per heavy atom. The van der Waals surface area contributed by atoms with Gasteiger partial charge in [0.05, 0.1) is 24.9 Å². The Morgan fingerprint density at radius 1 is 0.735 bits per heavy atom. The van der Waals surface area contributed by atoms with Crippen LogP contribution in [0.1, 0.15) is 70.8 Å². The molecule has 0 saturated heterocycles. The monoisotopic (exact) mass is 674 g/mol. The topological polar surface area (TPSA) is 109 Å². The van der Waals surface area contributed by atoms with Gasteiger partial charge in [0.2, 0.25) is 0 Å². The van der Waals surface area contributed by atoms with E-state index >= 15 is 0 Å². The summed E-state index contributed by atoms with van der Waals surface area (Å²) in [7, 11) is 0. The van der Waals surface area contributed by atoms with Crippen LogP contribution in [0.3, 0.4) is 0 Å². The number of hydrogen-bond acceptors (Lipinski definition) is 8. The standard InChI is InChI=1S/C40H42N4O4S/c1-3-5-7-9-25-47-35-20-16-33(17-21-35)44(34-18-22-36(23-19-34)48-26-10-8-6-4-2)32-14-11-29(12-15-32)37-24-13-30(27-31(28-41)40(45)46)38-39(37)43-49-42-38/h11-24,27H,3-10,25-26H2,1-2H3,(H,45,46)/b31-27+. The van der Waals surface area contributed by atoms with E-state index in [9.17, 15) is 15.2 Å². The van der Waals surface area contributed by atoms with E-state index in [0.717, 1.165) is 64.3 Å². The Bertz CT molecular complexity index is 1820. The van der Waals surface area contributed by atoms with Gasteiger partial charge in [-0.3, -0.25) is 0 Å². The number of aliphatic carboxylic acids is 1. The number of fused-ring (bicyclic) bond motifs is 1. The second kappa shape index (κ2) is 17.8. The molecule has 0 amide bonds. The zero-order chi connectivity index (χ0) is 34.4. The lowest BCUT2D eigenvalue weighted by Crippen LogP contribution is -2.10. The van der Waals surface area contributed by atoms with Crippen molar-refractivity contribution in [2.75, 3.05) is 18.1 Å². The van der Waals surface area contributed by atoms with Crippen LogP contribution in [0.2, 0.25) is 0 Å². The lowest BCUT2D eigenvalue weighted by atomic mass is 10.00. The summed E-state index contributed by atoms with van der Waals surface area (Å²) in [5.74, 6) is 0.427. The number of ether oxygens (including phenoxy) is 2. The minimum absolute atomic E-state index is 0.357. The van der Waals surface area contributed by atoms with Crippen LogP contribution >= 0.6 is 11.7 Å². The van der Waals surface area contributed by atoms with Gasteiger partial charge < -0.3 is 19.5 Å². The highest BCUT2D eigenvalue weighted by Crippen LogP contribution is 2.38. The van der Waals surface area contributed by atoms with Crippen molar-refractivity contribution in [3.05, 3.63) is 96.1 Å². The Labute approximate surface area is 292 Å². The van der Waals surface area contributed by atoms with Gasteiger partial charge in [-0.05, 0) is 85.1 Å². The number of carboxylic acids is 1. The predicted octanol–water partition coefficient (Wildman–Crippen LogP) is 10.7. The van der Waals surface area contributed by atoms with E-state index in [-0.39, 0.29) is 5.57 Å². The van der Waals surface area contributed by atoms with Crippen molar-refractivity contribution in [2.45, 2.75) is 65.2 Å². The van der Waals surface area contributed by atoms with Gasteiger partial charge in [0.1, 0.15) is 34.2 Å². The lowest BCUT2D eigenvalue weighted by Gasteiger charge is -2.26. The Kier molecular flexibility index (Phi) is 12.8. The first-order valence-corrected chi connectivity index (χ1v) is 17.7. The molecule has 1 N–H and O–H groups in total. The Balaban J connectivity index is 1.42. The van der Waals surface area contributed by atoms with Crippen molar-refractivity contribution < 1.29 is 19.4 Å². The van der Waals surface area contributed by atoms with Crippen molar-refractivity contribution in [1.29, 1.82) is 5.26 Å². The molecule has 0 radical (unpaired) electrons. The maximum Gasteiger partial charge on any atom is 0.346 e. The number of carbonyl (C=O) groups is 1. The average molecular weight is 675 g/mol. The molecule has 0 spiro atoms. The molecule has 0 saturated carbocycles. The molecule has 0 aliphatic rings. The first-order chi connectivity index (χ1) is 24.0. The zero-order valence-corrected chi connectivity index (χ0v) is 28.9. The molecule has 5 aromatic rings. The number of nitriles is 1. The van der Waals surface area contributed by atoms with Gasteiger partial charge in [-0.15, -0.1) is 0 Å². The van der Waals surface area contributed by atoms with E-state index in [1.54, 1.807) is 12.1 Å². The SMILES string of the molecule is CCCCCCOc1ccc(N(c2ccc(OCCCCCC)cc2)c2ccc(-c3ccc(/C=C(\C#N)C(=O)O)c4nsnc34)cc2)cc1. The maximum absolute atomic E-state index is 11.4. The van der Waals surface area contributed by atoms with Crippen molar-refractivity contribution >= 4 is 51.9 Å². The van der Waals surface area contributed by atoms with Gasteiger partial charge >= 0.3 is 5.97 Å². The van der Waals surface area contributed by atoms with E-state index < -0.39 is 5.97 Å². The summed E-state index contributed by atoms with van der Waals surface area (Å²) < 4.78 is 21.0. The molecule has 0 aliphatic heterocycles. The van der Waals surface area contributed by atoms with E-state index in [4.69, 9.17) is 9.47 Å². The van der Waals surface area contributed by atoms with Gasteiger partial charge in [-0.2, -0.15) is 14.0 Å². The molecule has 1 aromatic heterocycles. The summed E-state index contributed by atoms with van der Waals surface area (Å²) in [6, 6.07) is 30.0. The summed E-state index contributed by atoms with van der Waals surface area (Å²) in [6.07, 6.45) is 10.6. The summed E-state index contributed by atoms with van der Waals surface area (Å²) in [6.45, 7) is 5.84. The summed E-state index contributed by atoms with van der Waals surface area (Å²) in [5, 5.41) is 18.6. The van der Waals surface area contributed by atoms with E-state index in [1.165, 1.54) is 44.6 Å². The molecule has 0 fully saturated rings. The first-order valence-electron chi connectivity index (χ1n) is 17.0. The number of aromatic nitrogens is 2. The Hall–Kier alpha value is -5.20. The molecule has 4 aromatic carbocycles. The number of nitrogens with zero attached hydrogens (tertiary/aromatic N) is 4. The highest BCUT2D eigenvalue weighted by molar-refractivity contribution is 7.00. The van der Waals surface area contributed by atoms with Gasteiger partial charge in [0.25, 0.3) is 0 Å². The summed E-state index contributed by atoms with van der Waals surface area (Å²) in [4.78, 5) is 13.6. The number of carboxylic acid groups (broad SMARTS) is 1. The number of rotatable bonds is 18. The number of unbranched alkanes of at least 4 members (excludes halogenated alkanes) is 6. The highest BCUT2D eigenvalue weighted by Gasteiger charge is 2.16. The van der Waals surface area contributed by atoms with Crippen LogP contribution in [-0.2, 0) is 4.79 Å². The van der Waals surface area contributed by atoms with E-state index in [0.29, 0.717) is 29.8 Å². The van der Waals surface area contributed by atoms with Crippen molar-refractivity contribution in [2.24, 2.45) is 0 Å². The van der Waals surface area contributed by atoms with Crippen LogP contribution in [0.5, 0.6) is 11.5 Å². The molecule has 0 unspecified atom stereocenters. The van der Waals surface area contributed by atoms with Gasteiger partial charge in [-0.1, -0.05) is 76.6 Å². The lowest BCUT2D eigenvalue weighted by molar-refractivity contribution is -0.132. The third-order valence-corrected chi connectivity index (χ3v) is 8.79. The van der Waals surface area contributed by atoms with Crippen LogP contribution in [0.15, 0.2) is 90.5 Å². The molecule has 0 bridgehead atoms. The largest absolute Gasteiger partial charge is 0.494 e. The molecular formula is C40H42N4O4S. The second-order valence-electron chi connectivity index (χ2n) is 11.8. The molecular weight excluding hydrogens is 633 g/mol. The minimum Gasteiger partial charge on any atom is -0.494 e. The number of anilines is 3. The molecule has 1 heterocycles. The van der Waals surface area contributed by atoms with Crippen molar-refractivity contribution in [1.82, 2.24) is 8.75 Å². The second-order valence-corrected chi connectivity index (χ2v) is 12.4. The maximum atomic E-state index is 11.4. The molecule has 49 heavy (non-hydrogen) atoms. The fourth-order valence-corrected chi connectivity index (χ4v) is 6.17. The molecule has 252 valence electrons. The summed E-state index contributed by atoms with van der Waals surface area (Å²) >= 11 is 1.05. The van der Waals surface area contributed by atoms with Gasteiger partial charge in [0.15, 0.2) is 0 Å². The molecule has 9 heteroatoms. The quantitative estimate of drug-likeness (QED) is 0.0556. The Morgan fingerprint density at radius 2 is 1.24 bits per heavy atom. The van der Waals surface area contributed by atoms with Crippen molar-refractivity contribution in [3.8, 4) is 28.7 Å². The molecule has 8 nitrogen and oxygen atoms in total. The molecule has 0 atom stereocenters. The highest BCUT2D eigenvalue weighted by atomic mass is 32.1. The smallest absolute Gasteiger partial charge is 0.346 e. The first kappa shape index (κ1) is 35.1. The van der Waals surface area contributed by atoms with Crippen LogP contribution in [0.4, 0.5) is 17.1 Å². The van der Waals surface area contributed by atoms with Crippen LogP contribution in [-0.4, -0.2) is 33.0 Å². The molecule has 5 rings (SSSR count). The normalized spacial score (nSPS) is 11.3. The van der Waals surface area contributed by atoms with Crippen LogP contribution < -0.4 is 14.4 Å². The van der Waals surface area contributed by atoms with Crippen LogP contribution in [0, 0.1) is 11.3 Å². The third-order valence-electron chi connectivity index (χ3n) is 8.26. The van der Waals surface area contributed by atoms with Crippen molar-refractivity contribution in [3.63, 3.8) is 0 Å². The number of hydrogen-bond donors (Lipinski definition) is 1. The molecule has 0 aliphatic carbocycles.